The lowest BCUT2D eigenvalue weighted by molar-refractivity contribution is -0.139. The summed E-state index contributed by atoms with van der Waals surface area (Å²) in [5.41, 5.74) is 1.76. The molecule has 168 valence electrons. The first kappa shape index (κ1) is 21.1. The quantitative estimate of drug-likeness (QED) is 0.553. The minimum absolute atomic E-state index is 0.161. The molecule has 33 heavy (non-hydrogen) atoms. The summed E-state index contributed by atoms with van der Waals surface area (Å²) in [5.74, 6) is 0.297. The summed E-state index contributed by atoms with van der Waals surface area (Å²) < 4.78 is 31.5. The summed E-state index contributed by atoms with van der Waals surface area (Å²) in [6.07, 6.45) is 1.75. The molecule has 1 aromatic heterocycles. The van der Waals surface area contributed by atoms with Gasteiger partial charge in [-0.05, 0) is 55.3 Å². The number of ether oxygens (including phenoxy) is 3. The van der Waals surface area contributed by atoms with Crippen molar-refractivity contribution >= 4 is 23.4 Å². The lowest BCUT2D eigenvalue weighted by atomic mass is 9.96. The summed E-state index contributed by atoms with van der Waals surface area (Å²) in [5, 5.41) is 0. The van der Waals surface area contributed by atoms with E-state index >= 15 is 0 Å². The average Bonchev–Trinajstić information content (AvgIpc) is 3.37. The van der Waals surface area contributed by atoms with Crippen LogP contribution in [0.5, 0.6) is 11.5 Å². The third-order valence-corrected chi connectivity index (χ3v) is 6.38. The Morgan fingerprint density at radius 1 is 1.24 bits per heavy atom. The van der Waals surface area contributed by atoms with E-state index in [1.807, 2.05) is 6.07 Å². The molecule has 2 aliphatic heterocycles. The largest absolute Gasteiger partial charge is 0.463 e. The molecule has 7 nitrogen and oxygen atoms in total. The zero-order valence-corrected chi connectivity index (χ0v) is 18.6. The Hall–Kier alpha value is -3.72. The maximum Gasteiger partial charge on any atom is 0.338 e. The molecule has 5 rings (SSSR count). The SMILES string of the molecule is CCOC(=O)C1=C(C)N=c2s/c(=C\c3ccc4c(c3)OCO4)c(=O)n2[C@@H]1c1ccc(F)cc1. The van der Waals surface area contributed by atoms with Gasteiger partial charge in [-0.15, -0.1) is 0 Å². The van der Waals surface area contributed by atoms with Crippen LogP contribution in [0.2, 0.25) is 0 Å². The maximum atomic E-state index is 13.6. The van der Waals surface area contributed by atoms with Gasteiger partial charge < -0.3 is 14.2 Å². The van der Waals surface area contributed by atoms with Crippen molar-refractivity contribution in [2.45, 2.75) is 19.9 Å². The van der Waals surface area contributed by atoms with Crippen LogP contribution in [-0.2, 0) is 9.53 Å². The highest BCUT2D eigenvalue weighted by molar-refractivity contribution is 7.07. The lowest BCUT2D eigenvalue weighted by Crippen LogP contribution is -2.39. The van der Waals surface area contributed by atoms with Gasteiger partial charge in [0.05, 0.1) is 28.5 Å². The van der Waals surface area contributed by atoms with Crippen molar-refractivity contribution in [3.63, 3.8) is 0 Å². The molecule has 0 fully saturated rings. The van der Waals surface area contributed by atoms with Gasteiger partial charge in [-0.3, -0.25) is 9.36 Å². The fourth-order valence-electron chi connectivity index (χ4n) is 3.91. The van der Waals surface area contributed by atoms with Crippen LogP contribution in [0.15, 0.2) is 63.5 Å². The van der Waals surface area contributed by atoms with Gasteiger partial charge in [0.15, 0.2) is 16.3 Å². The number of nitrogens with zero attached hydrogens (tertiary/aromatic N) is 2. The summed E-state index contributed by atoms with van der Waals surface area (Å²) in [6, 6.07) is 10.4. The Labute approximate surface area is 191 Å². The summed E-state index contributed by atoms with van der Waals surface area (Å²) >= 11 is 1.22. The van der Waals surface area contributed by atoms with Crippen molar-refractivity contribution < 1.29 is 23.4 Å². The normalized spacial score (nSPS) is 17.1. The van der Waals surface area contributed by atoms with E-state index in [2.05, 4.69) is 4.99 Å². The first-order valence-electron chi connectivity index (χ1n) is 10.3. The van der Waals surface area contributed by atoms with E-state index in [9.17, 15) is 14.0 Å². The van der Waals surface area contributed by atoms with Gasteiger partial charge in [0.2, 0.25) is 6.79 Å². The Kier molecular flexibility index (Phi) is 5.33. The predicted molar refractivity (Wildman–Crippen MR) is 119 cm³/mol. The third kappa shape index (κ3) is 3.74. The number of allylic oxidation sites excluding steroid dienone is 1. The maximum absolute atomic E-state index is 13.6. The molecule has 1 atom stereocenters. The number of thiazole rings is 1. The number of rotatable bonds is 4. The third-order valence-electron chi connectivity index (χ3n) is 5.40. The van der Waals surface area contributed by atoms with E-state index in [0.717, 1.165) is 5.56 Å². The van der Waals surface area contributed by atoms with E-state index in [1.165, 1.54) is 28.0 Å². The van der Waals surface area contributed by atoms with Gasteiger partial charge in [0, 0.05) is 0 Å². The molecule has 2 aliphatic rings. The first-order chi connectivity index (χ1) is 16.0. The number of halogens is 1. The van der Waals surface area contributed by atoms with Crippen LogP contribution in [0.3, 0.4) is 0 Å². The number of esters is 1. The highest BCUT2D eigenvalue weighted by Crippen LogP contribution is 2.33. The minimum Gasteiger partial charge on any atom is -0.463 e. The molecular formula is C24H19FN2O5S. The molecule has 3 aromatic rings. The molecule has 0 aliphatic carbocycles. The van der Waals surface area contributed by atoms with Crippen molar-refractivity contribution in [2.24, 2.45) is 4.99 Å². The van der Waals surface area contributed by atoms with Crippen LogP contribution in [0.4, 0.5) is 4.39 Å². The number of hydrogen-bond donors (Lipinski definition) is 0. The molecule has 0 spiro atoms. The number of fused-ring (bicyclic) bond motifs is 2. The van der Waals surface area contributed by atoms with Crippen LogP contribution in [0, 0.1) is 5.82 Å². The number of hydrogen-bond acceptors (Lipinski definition) is 7. The molecule has 0 radical (unpaired) electrons. The second-order valence-electron chi connectivity index (χ2n) is 7.47. The molecule has 0 saturated carbocycles. The highest BCUT2D eigenvalue weighted by atomic mass is 32.1. The van der Waals surface area contributed by atoms with E-state index < -0.39 is 17.8 Å². The average molecular weight is 466 g/mol. The monoisotopic (exact) mass is 466 g/mol. The minimum atomic E-state index is -0.778. The molecule has 0 unspecified atom stereocenters. The van der Waals surface area contributed by atoms with E-state index in [1.54, 1.807) is 44.2 Å². The standard InChI is InChI=1S/C24H19FN2O5S/c1-3-30-23(29)20-13(2)26-24-27(21(20)15-5-7-16(25)8-6-15)22(28)19(33-24)11-14-4-9-17-18(10-14)32-12-31-17/h4-11,21H,3,12H2,1-2H3/b19-11-/t21-/m1/s1. The van der Waals surface area contributed by atoms with E-state index in [4.69, 9.17) is 14.2 Å². The predicted octanol–water partition coefficient (Wildman–Crippen LogP) is 2.67. The zero-order valence-electron chi connectivity index (χ0n) is 17.8. The van der Waals surface area contributed by atoms with Crippen LogP contribution in [0.1, 0.15) is 31.0 Å². The van der Waals surface area contributed by atoms with Gasteiger partial charge in [-0.1, -0.05) is 29.5 Å². The second-order valence-corrected chi connectivity index (χ2v) is 8.48. The van der Waals surface area contributed by atoms with Crippen molar-refractivity contribution in [3.8, 4) is 11.5 Å². The number of carbonyl (C=O) groups excluding carboxylic acids is 1. The van der Waals surface area contributed by atoms with Gasteiger partial charge in [-0.25, -0.2) is 14.2 Å². The molecule has 2 aromatic carbocycles. The zero-order chi connectivity index (χ0) is 23.1. The Morgan fingerprint density at radius 3 is 2.76 bits per heavy atom. The molecule has 0 bridgehead atoms. The van der Waals surface area contributed by atoms with Gasteiger partial charge in [-0.2, -0.15) is 0 Å². The number of benzene rings is 2. The first-order valence-corrected chi connectivity index (χ1v) is 11.1. The summed E-state index contributed by atoms with van der Waals surface area (Å²) in [7, 11) is 0. The Balaban J connectivity index is 1.69. The molecule has 9 heteroatoms. The molecular weight excluding hydrogens is 447 g/mol. The van der Waals surface area contributed by atoms with Crippen molar-refractivity contribution in [2.75, 3.05) is 13.4 Å². The van der Waals surface area contributed by atoms with Crippen LogP contribution in [0.25, 0.3) is 6.08 Å². The second kappa shape index (κ2) is 8.32. The topological polar surface area (TPSA) is 79.1 Å². The molecule has 3 heterocycles. The molecule has 0 N–H and O–H groups in total. The van der Waals surface area contributed by atoms with Crippen molar-refractivity contribution in [1.29, 1.82) is 0 Å². The Morgan fingerprint density at radius 2 is 2.00 bits per heavy atom. The highest BCUT2D eigenvalue weighted by Gasteiger charge is 2.33. The fraction of sp³-hybridized carbons (Fsp3) is 0.208. The molecule has 0 saturated heterocycles. The smallest absolute Gasteiger partial charge is 0.338 e. The van der Waals surface area contributed by atoms with Gasteiger partial charge in [0.25, 0.3) is 5.56 Å². The summed E-state index contributed by atoms with van der Waals surface area (Å²) in [4.78, 5) is 31.3. The van der Waals surface area contributed by atoms with E-state index in [0.29, 0.717) is 32.1 Å². The summed E-state index contributed by atoms with van der Waals surface area (Å²) in [6.45, 7) is 3.76. The van der Waals surface area contributed by atoms with Crippen LogP contribution in [-0.4, -0.2) is 23.9 Å². The van der Waals surface area contributed by atoms with Crippen LogP contribution < -0.4 is 24.4 Å². The van der Waals surface area contributed by atoms with Crippen molar-refractivity contribution in [1.82, 2.24) is 4.57 Å². The Bertz CT molecular complexity index is 1470. The lowest BCUT2D eigenvalue weighted by Gasteiger charge is -2.24. The fourth-order valence-corrected chi connectivity index (χ4v) is 4.95. The van der Waals surface area contributed by atoms with Gasteiger partial charge >= 0.3 is 5.97 Å². The van der Waals surface area contributed by atoms with E-state index in [-0.39, 0.29) is 24.5 Å². The number of aromatic nitrogens is 1. The van der Waals surface area contributed by atoms with Gasteiger partial charge in [0.1, 0.15) is 5.82 Å². The number of carbonyl (C=O) groups is 1. The molecule has 0 amide bonds. The van der Waals surface area contributed by atoms with Crippen LogP contribution >= 0.6 is 11.3 Å². The van der Waals surface area contributed by atoms with Crippen molar-refractivity contribution in [3.05, 3.63) is 90.4 Å².